The van der Waals surface area contributed by atoms with E-state index in [2.05, 4.69) is 32.5 Å². The third-order valence-electron chi connectivity index (χ3n) is 6.37. The van der Waals surface area contributed by atoms with E-state index in [1.807, 2.05) is 60.8 Å². The molecule has 0 aliphatic heterocycles. The first kappa shape index (κ1) is 24.1. The summed E-state index contributed by atoms with van der Waals surface area (Å²) in [6, 6.07) is 19.0. The summed E-state index contributed by atoms with van der Waals surface area (Å²) in [5, 5.41) is 14.1. The zero-order valence-electron chi connectivity index (χ0n) is 20.8. The van der Waals surface area contributed by atoms with Gasteiger partial charge in [0, 0.05) is 34.8 Å². The first-order chi connectivity index (χ1) is 18.1. The van der Waals surface area contributed by atoms with Gasteiger partial charge < -0.3 is 0 Å². The molecule has 0 unspecified atom stereocenters. The van der Waals surface area contributed by atoms with Crippen molar-refractivity contribution >= 4 is 5.78 Å². The zero-order chi connectivity index (χ0) is 25.8. The summed E-state index contributed by atoms with van der Waals surface area (Å²) < 4.78 is 3.40. The molecule has 186 valence electrons. The van der Waals surface area contributed by atoms with E-state index >= 15 is 0 Å². The number of hydrogen-bond acceptors (Lipinski definition) is 6. The molecule has 0 radical (unpaired) electrons. The van der Waals surface area contributed by atoms with Gasteiger partial charge in [-0.3, -0.25) is 18.9 Å². The molecular weight excluding hydrogens is 466 g/mol. The van der Waals surface area contributed by atoms with Gasteiger partial charge in [0.25, 0.3) is 0 Å². The fourth-order valence-corrected chi connectivity index (χ4v) is 4.46. The third kappa shape index (κ3) is 4.88. The van der Waals surface area contributed by atoms with E-state index < -0.39 is 0 Å². The van der Waals surface area contributed by atoms with Gasteiger partial charge in [0.05, 0.1) is 17.9 Å². The molecule has 0 aliphatic rings. The first-order valence-corrected chi connectivity index (χ1v) is 12.3. The topological polar surface area (TPSA) is 111 Å². The number of pyridine rings is 1. The van der Waals surface area contributed by atoms with E-state index in [0.29, 0.717) is 23.6 Å². The number of carbonyl (C=O) groups is 1. The number of imidazole rings is 1. The van der Waals surface area contributed by atoms with Crippen molar-refractivity contribution in [3.8, 4) is 28.3 Å². The van der Waals surface area contributed by atoms with Gasteiger partial charge in [0.1, 0.15) is 0 Å². The van der Waals surface area contributed by atoms with Crippen LogP contribution in [0, 0.1) is 0 Å². The number of carbonyl (C=O) groups excluding carboxylic acids is 1. The summed E-state index contributed by atoms with van der Waals surface area (Å²) in [5.41, 5.74) is 5.40. The monoisotopic (exact) mass is 493 g/mol. The number of Topliss-reactive ketones (excluding diaryl/α,β-unsaturated/α-hetero) is 1. The van der Waals surface area contributed by atoms with E-state index in [9.17, 15) is 9.59 Å². The maximum Gasteiger partial charge on any atom is 0.333 e. The van der Waals surface area contributed by atoms with Crippen LogP contribution in [-0.4, -0.2) is 40.5 Å². The van der Waals surface area contributed by atoms with Crippen LogP contribution in [0.25, 0.3) is 28.3 Å². The van der Waals surface area contributed by atoms with Crippen LogP contribution >= 0.6 is 0 Å². The van der Waals surface area contributed by atoms with Crippen LogP contribution in [0.15, 0.2) is 77.9 Å². The molecule has 0 saturated carbocycles. The zero-order valence-corrected chi connectivity index (χ0v) is 20.8. The molecule has 3 aromatic heterocycles. The van der Waals surface area contributed by atoms with E-state index in [-0.39, 0.29) is 11.5 Å². The van der Waals surface area contributed by atoms with Crippen LogP contribution in [0.1, 0.15) is 48.3 Å². The van der Waals surface area contributed by atoms with Crippen molar-refractivity contribution in [1.29, 1.82) is 0 Å². The van der Waals surface area contributed by atoms with Crippen molar-refractivity contribution in [2.75, 3.05) is 0 Å². The van der Waals surface area contributed by atoms with E-state index in [0.717, 1.165) is 47.3 Å². The summed E-state index contributed by atoms with van der Waals surface area (Å²) in [6.45, 7) is 4.07. The Bertz CT molecular complexity index is 1580. The number of nitrogens with zero attached hydrogens (tertiary/aromatic N) is 6. The summed E-state index contributed by atoms with van der Waals surface area (Å²) in [7, 11) is 0. The average Bonchev–Trinajstić information content (AvgIpc) is 3.57. The third-order valence-corrected chi connectivity index (χ3v) is 6.37. The largest absolute Gasteiger partial charge is 0.333 e. The molecule has 9 nitrogen and oxygen atoms in total. The summed E-state index contributed by atoms with van der Waals surface area (Å²) in [6.07, 6.45) is 6.37. The SMILES string of the molecule is CCCCc1cn(-c2ccccc2C(C)=O)c(=O)n1Cc1ccc(-c2ncccc2-c2nnn[nH]2)cc1. The molecule has 9 heteroatoms. The van der Waals surface area contributed by atoms with Crippen molar-refractivity contribution in [3.63, 3.8) is 0 Å². The summed E-state index contributed by atoms with van der Waals surface area (Å²) in [4.78, 5) is 30.3. The predicted molar refractivity (Wildman–Crippen MR) is 141 cm³/mol. The predicted octanol–water partition coefficient (Wildman–Crippen LogP) is 4.47. The molecular formula is C28H27N7O2. The molecule has 2 aromatic carbocycles. The van der Waals surface area contributed by atoms with Gasteiger partial charge in [-0.2, -0.15) is 0 Å². The number of hydrogen-bond donors (Lipinski definition) is 1. The number of aryl methyl sites for hydroxylation is 1. The number of tetrazole rings is 1. The second-order valence-electron chi connectivity index (χ2n) is 8.88. The van der Waals surface area contributed by atoms with Crippen LogP contribution in [0.4, 0.5) is 0 Å². The summed E-state index contributed by atoms with van der Waals surface area (Å²) >= 11 is 0. The Labute approximate surface area is 213 Å². The number of para-hydroxylation sites is 1. The molecule has 5 rings (SSSR count). The Kier molecular flexibility index (Phi) is 6.85. The number of ketones is 1. The summed E-state index contributed by atoms with van der Waals surface area (Å²) in [5.74, 6) is 0.474. The molecule has 5 aromatic rings. The van der Waals surface area contributed by atoms with Gasteiger partial charge in [0.2, 0.25) is 0 Å². The number of aromatic nitrogens is 7. The van der Waals surface area contributed by atoms with Crippen molar-refractivity contribution < 1.29 is 4.79 Å². The van der Waals surface area contributed by atoms with Gasteiger partial charge >= 0.3 is 5.69 Å². The minimum atomic E-state index is -0.159. The molecule has 0 atom stereocenters. The number of rotatable bonds is 9. The van der Waals surface area contributed by atoms with Gasteiger partial charge in [0.15, 0.2) is 11.6 Å². The van der Waals surface area contributed by atoms with Gasteiger partial charge in [-0.05, 0) is 60.0 Å². The van der Waals surface area contributed by atoms with Gasteiger partial charge in [-0.15, -0.1) is 5.10 Å². The lowest BCUT2D eigenvalue weighted by Gasteiger charge is -2.10. The Morgan fingerprint density at radius 3 is 2.57 bits per heavy atom. The molecule has 0 fully saturated rings. The number of nitrogens with one attached hydrogen (secondary N) is 1. The molecule has 0 saturated heterocycles. The van der Waals surface area contributed by atoms with E-state index in [1.165, 1.54) is 6.92 Å². The number of benzene rings is 2. The minimum Gasteiger partial charge on any atom is -0.294 e. The molecule has 1 N–H and O–H groups in total. The second kappa shape index (κ2) is 10.5. The normalized spacial score (nSPS) is 11.1. The van der Waals surface area contributed by atoms with Crippen LogP contribution in [0.2, 0.25) is 0 Å². The van der Waals surface area contributed by atoms with Crippen molar-refractivity contribution in [1.82, 2.24) is 34.7 Å². The molecule has 0 aliphatic carbocycles. The van der Waals surface area contributed by atoms with Crippen molar-refractivity contribution in [3.05, 3.63) is 100 Å². The quantitative estimate of drug-likeness (QED) is 0.303. The maximum absolute atomic E-state index is 13.6. The van der Waals surface area contributed by atoms with Crippen LogP contribution in [0.5, 0.6) is 0 Å². The first-order valence-electron chi connectivity index (χ1n) is 12.3. The Balaban J connectivity index is 1.49. The highest BCUT2D eigenvalue weighted by Gasteiger charge is 2.17. The minimum absolute atomic E-state index is 0.0732. The van der Waals surface area contributed by atoms with E-state index in [4.69, 9.17) is 0 Å². The number of H-pyrrole nitrogens is 1. The highest BCUT2D eigenvalue weighted by atomic mass is 16.2. The van der Waals surface area contributed by atoms with Crippen molar-refractivity contribution in [2.24, 2.45) is 0 Å². The highest BCUT2D eigenvalue weighted by Crippen LogP contribution is 2.27. The molecule has 3 heterocycles. The van der Waals surface area contributed by atoms with Gasteiger partial charge in [-0.25, -0.2) is 9.89 Å². The van der Waals surface area contributed by atoms with Gasteiger partial charge in [-0.1, -0.05) is 49.7 Å². The van der Waals surface area contributed by atoms with E-state index in [1.54, 1.807) is 21.4 Å². The average molecular weight is 494 g/mol. The fourth-order valence-electron chi connectivity index (χ4n) is 4.46. The Morgan fingerprint density at radius 1 is 1.03 bits per heavy atom. The lowest BCUT2D eigenvalue weighted by Crippen LogP contribution is -2.25. The second-order valence-corrected chi connectivity index (χ2v) is 8.88. The van der Waals surface area contributed by atoms with Crippen molar-refractivity contribution in [2.45, 2.75) is 39.7 Å². The number of unbranched alkanes of at least 4 members (excludes halogenated alkanes) is 1. The standard InChI is InChI=1S/C28H27N7O2/c1-3-4-8-22-18-35(25-11-6-5-9-23(25)19(2)36)28(37)34(22)17-20-12-14-21(15-13-20)26-24(10-7-16-29-26)27-30-32-33-31-27/h5-7,9-16,18H,3-4,8,17H2,1-2H3,(H,30,31,32,33). The highest BCUT2D eigenvalue weighted by molar-refractivity contribution is 5.97. The number of aromatic amines is 1. The Hall–Kier alpha value is -4.66. The molecule has 37 heavy (non-hydrogen) atoms. The fraction of sp³-hybridized carbons (Fsp3) is 0.214. The van der Waals surface area contributed by atoms with Crippen LogP contribution < -0.4 is 5.69 Å². The Morgan fingerprint density at radius 2 is 1.84 bits per heavy atom. The smallest absolute Gasteiger partial charge is 0.294 e. The molecule has 0 amide bonds. The van der Waals surface area contributed by atoms with Crippen LogP contribution in [-0.2, 0) is 13.0 Å². The molecule has 0 spiro atoms. The lowest BCUT2D eigenvalue weighted by molar-refractivity contribution is 0.101. The molecule has 0 bridgehead atoms. The van der Waals surface area contributed by atoms with Crippen LogP contribution in [0.3, 0.4) is 0 Å². The maximum atomic E-state index is 13.6. The lowest BCUT2D eigenvalue weighted by atomic mass is 10.0.